The molecule has 2 heterocycles. The molecule has 0 radical (unpaired) electrons. The molecule has 1 aliphatic carbocycles. The van der Waals surface area contributed by atoms with E-state index in [-0.39, 0.29) is 17.9 Å². The van der Waals surface area contributed by atoms with E-state index < -0.39 is 0 Å². The third kappa shape index (κ3) is 4.87. The second-order valence-electron chi connectivity index (χ2n) is 9.23. The van der Waals surface area contributed by atoms with E-state index in [0.717, 1.165) is 67.8 Å². The van der Waals surface area contributed by atoms with Crippen molar-refractivity contribution in [2.45, 2.75) is 58.1 Å². The van der Waals surface area contributed by atoms with Gasteiger partial charge in [0, 0.05) is 19.1 Å². The van der Waals surface area contributed by atoms with Crippen LogP contribution in [-0.4, -0.2) is 39.8 Å². The first-order valence-electron chi connectivity index (χ1n) is 12.5. The highest BCUT2D eigenvalue weighted by atomic mass is 16.5. The maximum Gasteiger partial charge on any atom is 0.227 e. The smallest absolute Gasteiger partial charge is 0.227 e. The molecule has 34 heavy (non-hydrogen) atoms. The summed E-state index contributed by atoms with van der Waals surface area (Å²) < 4.78 is 14.2. The molecule has 0 spiro atoms. The van der Waals surface area contributed by atoms with Gasteiger partial charge in [-0.15, -0.1) is 0 Å². The van der Waals surface area contributed by atoms with Crippen LogP contribution < -0.4 is 4.74 Å². The lowest BCUT2D eigenvalue weighted by Gasteiger charge is -2.33. The standard InChI is InChI=1S/C28H33N3O3/c1-2-26-25(20-30(19-24-17-10-18-33-24)27(32)21-11-9-12-21)28(34-23-15-7-4-8-16-23)31(29-26)22-13-5-3-6-14-22/h3-8,13-16,21,24H,2,9-12,17-20H2,1H3. The average molecular weight is 460 g/mol. The molecule has 6 nitrogen and oxygen atoms in total. The first-order valence-corrected chi connectivity index (χ1v) is 12.5. The highest BCUT2D eigenvalue weighted by Gasteiger charge is 2.33. The number of ether oxygens (including phenoxy) is 2. The summed E-state index contributed by atoms with van der Waals surface area (Å²) in [6.45, 7) is 3.99. The van der Waals surface area contributed by atoms with Crippen molar-refractivity contribution in [3.63, 3.8) is 0 Å². The summed E-state index contributed by atoms with van der Waals surface area (Å²) in [4.78, 5) is 15.5. The lowest BCUT2D eigenvalue weighted by atomic mass is 9.84. The fraction of sp³-hybridized carbons (Fsp3) is 0.429. The molecule has 1 amide bonds. The molecule has 1 atom stereocenters. The van der Waals surface area contributed by atoms with Crippen LogP contribution in [-0.2, 0) is 22.5 Å². The van der Waals surface area contributed by atoms with Crippen LogP contribution in [0.15, 0.2) is 60.7 Å². The first kappa shape index (κ1) is 22.7. The van der Waals surface area contributed by atoms with Gasteiger partial charge in [-0.05, 0) is 56.4 Å². The minimum Gasteiger partial charge on any atom is -0.439 e. The summed E-state index contributed by atoms with van der Waals surface area (Å²) in [5, 5.41) is 4.94. The van der Waals surface area contributed by atoms with Crippen LogP contribution in [0, 0.1) is 5.92 Å². The molecule has 1 saturated heterocycles. The number of benzene rings is 2. The van der Waals surface area contributed by atoms with Crippen LogP contribution in [0.1, 0.15) is 50.3 Å². The molecule has 1 aliphatic heterocycles. The van der Waals surface area contributed by atoms with Gasteiger partial charge in [0.1, 0.15) is 5.75 Å². The molecule has 1 saturated carbocycles. The molecule has 0 N–H and O–H groups in total. The predicted molar refractivity (Wildman–Crippen MR) is 131 cm³/mol. The van der Waals surface area contributed by atoms with Crippen molar-refractivity contribution >= 4 is 5.91 Å². The number of aryl methyl sites for hydroxylation is 1. The average Bonchev–Trinajstić information content (AvgIpc) is 3.47. The Bertz CT molecular complexity index is 1090. The van der Waals surface area contributed by atoms with Gasteiger partial charge in [-0.1, -0.05) is 49.7 Å². The van der Waals surface area contributed by atoms with Crippen LogP contribution in [0.3, 0.4) is 0 Å². The maximum atomic E-state index is 13.5. The van der Waals surface area contributed by atoms with E-state index in [1.54, 1.807) is 0 Å². The quantitative estimate of drug-likeness (QED) is 0.422. The van der Waals surface area contributed by atoms with Gasteiger partial charge in [0.2, 0.25) is 11.8 Å². The Morgan fingerprint density at radius 3 is 2.41 bits per heavy atom. The van der Waals surface area contributed by atoms with E-state index in [4.69, 9.17) is 14.6 Å². The minimum atomic E-state index is 0.108. The van der Waals surface area contributed by atoms with Gasteiger partial charge in [0.05, 0.1) is 29.6 Å². The van der Waals surface area contributed by atoms with Crippen molar-refractivity contribution in [3.05, 3.63) is 71.9 Å². The van der Waals surface area contributed by atoms with Gasteiger partial charge in [-0.2, -0.15) is 5.10 Å². The van der Waals surface area contributed by atoms with Crippen molar-refractivity contribution in [1.82, 2.24) is 14.7 Å². The molecule has 3 aromatic rings. The van der Waals surface area contributed by atoms with Gasteiger partial charge in [0.15, 0.2) is 0 Å². The highest BCUT2D eigenvalue weighted by molar-refractivity contribution is 5.79. The summed E-state index contributed by atoms with van der Waals surface area (Å²) in [5.41, 5.74) is 2.86. The first-order chi connectivity index (χ1) is 16.7. The number of carbonyl (C=O) groups excluding carboxylic acids is 1. The van der Waals surface area contributed by atoms with Gasteiger partial charge in [-0.3, -0.25) is 4.79 Å². The lowest BCUT2D eigenvalue weighted by Crippen LogP contribution is -2.42. The van der Waals surface area contributed by atoms with Crippen molar-refractivity contribution < 1.29 is 14.3 Å². The number of hydrogen-bond donors (Lipinski definition) is 0. The third-order valence-electron chi connectivity index (χ3n) is 6.88. The van der Waals surface area contributed by atoms with E-state index in [1.807, 2.05) is 70.2 Å². The Labute approximate surface area is 201 Å². The third-order valence-corrected chi connectivity index (χ3v) is 6.88. The van der Waals surface area contributed by atoms with E-state index in [0.29, 0.717) is 19.0 Å². The topological polar surface area (TPSA) is 56.6 Å². The van der Waals surface area contributed by atoms with Crippen LogP contribution in [0.25, 0.3) is 5.69 Å². The van der Waals surface area contributed by atoms with Gasteiger partial charge >= 0.3 is 0 Å². The van der Waals surface area contributed by atoms with Crippen molar-refractivity contribution in [2.75, 3.05) is 13.2 Å². The molecule has 1 aromatic heterocycles. The normalized spacial score (nSPS) is 18.0. The van der Waals surface area contributed by atoms with Crippen molar-refractivity contribution in [1.29, 1.82) is 0 Å². The Morgan fingerprint density at radius 2 is 1.79 bits per heavy atom. The monoisotopic (exact) mass is 459 g/mol. The number of para-hydroxylation sites is 2. The summed E-state index contributed by atoms with van der Waals surface area (Å²) in [6, 6.07) is 19.8. The minimum absolute atomic E-state index is 0.108. The van der Waals surface area contributed by atoms with Crippen LogP contribution in [0.4, 0.5) is 0 Å². The van der Waals surface area contributed by atoms with Gasteiger partial charge in [-0.25, -0.2) is 4.68 Å². The zero-order valence-corrected chi connectivity index (χ0v) is 19.9. The largest absolute Gasteiger partial charge is 0.439 e. The van der Waals surface area contributed by atoms with Crippen LogP contribution in [0.5, 0.6) is 11.6 Å². The second-order valence-corrected chi connectivity index (χ2v) is 9.23. The Balaban J connectivity index is 1.53. The van der Waals surface area contributed by atoms with Gasteiger partial charge in [0.25, 0.3) is 0 Å². The number of carbonyl (C=O) groups is 1. The highest BCUT2D eigenvalue weighted by Crippen LogP contribution is 2.34. The number of nitrogens with zero attached hydrogens (tertiary/aromatic N) is 3. The van der Waals surface area contributed by atoms with Gasteiger partial charge < -0.3 is 14.4 Å². The van der Waals surface area contributed by atoms with Crippen LogP contribution in [0.2, 0.25) is 0 Å². The molecule has 178 valence electrons. The number of amides is 1. The zero-order chi connectivity index (χ0) is 23.3. The molecule has 6 heteroatoms. The molecule has 2 aromatic carbocycles. The SMILES string of the molecule is CCc1nn(-c2ccccc2)c(Oc2ccccc2)c1CN(CC1CCCO1)C(=O)C1CCC1. The Morgan fingerprint density at radius 1 is 1.06 bits per heavy atom. The molecular weight excluding hydrogens is 426 g/mol. The summed E-state index contributed by atoms with van der Waals surface area (Å²) in [6.07, 6.45) is 6.04. The van der Waals surface area contributed by atoms with E-state index >= 15 is 0 Å². The van der Waals surface area contributed by atoms with Crippen LogP contribution >= 0.6 is 0 Å². The molecule has 2 fully saturated rings. The second kappa shape index (κ2) is 10.4. The molecule has 1 unspecified atom stereocenters. The predicted octanol–water partition coefficient (Wildman–Crippen LogP) is 5.53. The molecule has 2 aliphatic rings. The lowest BCUT2D eigenvalue weighted by molar-refractivity contribution is -0.140. The maximum absolute atomic E-state index is 13.5. The van der Waals surface area contributed by atoms with E-state index in [1.165, 1.54) is 0 Å². The summed E-state index contributed by atoms with van der Waals surface area (Å²) >= 11 is 0. The molecule has 0 bridgehead atoms. The number of hydrogen-bond acceptors (Lipinski definition) is 4. The van der Waals surface area contributed by atoms with Crippen molar-refractivity contribution in [2.24, 2.45) is 5.92 Å². The molecule has 5 rings (SSSR count). The van der Waals surface area contributed by atoms with E-state index in [9.17, 15) is 4.79 Å². The Hall–Kier alpha value is -3.12. The number of rotatable bonds is 9. The van der Waals surface area contributed by atoms with Crippen molar-refractivity contribution in [3.8, 4) is 17.3 Å². The molecular formula is C28H33N3O3. The zero-order valence-electron chi connectivity index (χ0n) is 19.9. The number of aromatic nitrogens is 2. The Kier molecular flexibility index (Phi) is 6.95. The summed E-state index contributed by atoms with van der Waals surface area (Å²) in [7, 11) is 0. The fourth-order valence-electron chi connectivity index (χ4n) is 4.74. The summed E-state index contributed by atoms with van der Waals surface area (Å²) in [5.74, 6) is 1.79. The van der Waals surface area contributed by atoms with E-state index in [2.05, 4.69) is 6.92 Å². The fourth-order valence-corrected chi connectivity index (χ4v) is 4.74.